The summed E-state index contributed by atoms with van der Waals surface area (Å²) in [5.41, 5.74) is -1.34. The molecule has 9 N–H and O–H groups in total. The molecule has 1 saturated carbocycles. The van der Waals surface area contributed by atoms with E-state index in [-0.39, 0.29) is 103 Å². The molecule has 0 aliphatic heterocycles. The second-order valence-electron chi connectivity index (χ2n) is 33.0. The maximum atomic E-state index is 12.5. The Kier molecular flexibility index (Phi) is 36.4. The van der Waals surface area contributed by atoms with Gasteiger partial charge in [-0.1, -0.05) is 91.1 Å². The van der Waals surface area contributed by atoms with Gasteiger partial charge in [0.1, 0.15) is 12.2 Å². The quantitative estimate of drug-likeness (QED) is 0.117. The fourth-order valence-corrected chi connectivity index (χ4v) is 6.95. The van der Waals surface area contributed by atoms with Crippen molar-refractivity contribution in [1.82, 2.24) is 47.9 Å². The molecule has 2 rings (SSSR count). The Morgan fingerprint density at radius 3 is 1.15 bits per heavy atom. The van der Waals surface area contributed by atoms with E-state index >= 15 is 0 Å². The number of ketones is 1. The summed E-state index contributed by atoms with van der Waals surface area (Å²) in [6.45, 7) is 64.3. The van der Waals surface area contributed by atoms with Gasteiger partial charge in [0, 0.05) is 50.7 Å². The minimum absolute atomic E-state index is 0.00752. The van der Waals surface area contributed by atoms with E-state index in [1.807, 2.05) is 252 Å². The number of carbonyl (C=O) groups excluding carboxylic acids is 7. The molecule has 0 radical (unpaired) electrons. The lowest BCUT2D eigenvalue weighted by Crippen LogP contribution is -2.55. The van der Waals surface area contributed by atoms with E-state index in [1.165, 1.54) is 19.3 Å². The van der Waals surface area contributed by atoms with Gasteiger partial charge in [-0.15, -0.1) is 0 Å². The van der Waals surface area contributed by atoms with Crippen LogP contribution < -0.4 is 47.9 Å². The van der Waals surface area contributed by atoms with Crippen LogP contribution in [-0.2, 0) is 25.6 Å². The number of rotatable bonds is 7. The Morgan fingerprint density at radius 1 is 0.459 bits per heavy atom. The van der Waals surface area contributed by atoms with Crippen LogP contribution >= 0.6 is 0 Å². The van der Waals surface area contributed by atoms with Crippen molar-refractivity contribution in [1.29, 1.82) is 0 Å². The molecule has 1 aromatic carbocycles. The molecule has 0 aromatic heterocycles. The molecule has 19 heteroatoms. The summed E-state index contributed by atoms with van der Waals surface area (Å²) in [4.78, 5) is 80.8. The number of amides is 9. The Bertz CT molecular complexity index is 2050. The SMILES string of the molecule is CC(C)(C)CC(=O)[C@H](NC(=O)NC(C)(C)C)C(C)(C)C.CC(C)(C)NC(=O)NC(C)(C)C.CC(C)(C)NC(=O)NC1(C)CCCCC1.CC(C)(C)NC(=O)OC(C)(C)C.CC(C)(C)NC(=O)OCc1ccccc1.CC(C)OC(=O)NC(C)(C)C. The normalized spacial score (nSPS) is 14.0. The summed E-state index contributed by atoms with van der Waals surface area (Å²) in [7, 11) is 0. The van der Waals surface area contributed by atoms with Gasteiger partial charge in [-0.25, -0.2) is 28.8 Å². The van der Waals surface area contributed by atoms with Crippen LogP contribution in [0.5, 0.6) is 0 Å². The highest BCUT2D eigenvalue weighted by Gasteiger charge is 2.35. The average molecular weight is 1210 g/mol. The summed E-state index contributed by atoms with van der Waals surface area (Å²) in [6, 6.07) is 8.68. The van der Waals surface area contributed by atoms with E-state index in [4.69, 9.17) is 14.2 Å². The highest BCUT2D eigenvalue weighted by Crippen LogP contribution is 2.28. The van der Waals surface area contributed by atoms with Gasteiger partial charge >= 0.3 is 36.4 Å². The van der Waals surface area contributed by atoms with Gasteiger partial charge in [-0.2, -0.15) is 0 Å². The molecule has 85 heavy (non-hydrogen) atoms. The Hall–Kier alpha value is -5.49. The van der Waals surface area contributed by atoms with Crippen LogP contribution in [0.15, 0.2) is 30.3 Å². The zero-order chi connectivity index (χ0) is 68.2. The second-order valence-corrected chi connectivity index (χ2v) is 33.0. The van der Waals surface area contributed by atoms with Crippen LogP contribution in [0.2, 0.25) is 0 Å². The third-order valence-corrected chi connectivity index (χ3v) is 9.88. The van der Waals surface area contributed by atoms with E-state index < -0.39 is 11.6 Å². The molecule has 0 unspecified atom stereocenters. The standard InChI is InChI=1S/C16H32N2O2.C12H24N2O.C12H17NO2.C9H20N2O.C9H19NO2.C8H17NO2/c1-14(2,3)10-11(19)12(15(4,5)6)17-13(20)18-16(7,8)9;1-11(2,3)13-10(15)14-12(4)8-6-5-7-9-12;1-12(2,3)13-11(14)15-9-10-7-5-4-6-8-10;1-8(2,3)10-7(12)11-9(4,5)6;1-8(2,3)10-7(11)12-9(4,5)6;1-6(2)11-7(10)9-8(3,4)5/h12H,10H2,1-9H3,(H2,17,18,20);5-9H2,1-4H3,(H2,13,14,15);4-8H,9H2,1-3H3,(H,13,14);1-6H3,(H2,10,11,12);1-6H3,(H,10,11);6H,1-5H3,(H,9,10)/t12-;;;;;/m0...../s1. The molecule has 1 aromatic rings. The molecule has 9 amide bonds. The average Bonchev–Trinajstić information content (AvgIpc) is 3.17. The molecule has 0 heterocycles. The van der Waals surface area contributed by atoms with Crippen molar-refractivity contribution in [3.8, 4) is 0 Å². The fourth-order valence-electron chi connectivity index (χ4n) is 6.95. The Morgan fingerprint density at radius 2 is 0.812 bits per heavy atom. The van der Waals surface area contributed by atoms with Crippen LogP contribution in [0.4, 0.5) is 28.8 Å². The highest BCUT2D eigenvalue weighted by molar-refractivity contribution is 5.89. The van der Waals surface area contributed by atoms with Crippen LogP contribution in [0.1, 0.15) is 273 Å². The molecule has 0 saturated heterocycles. The number of nitrogens with one attached hydrogen (secondary N) is 9. The molecule has 0 spiro atoms. The van der Waals surface area contributed by atoms with Crippen molar-refractivity contribution in [3.63, 3.8) is 0 Å². The number of hydrogen-bond acceptors (Lipinski definition) is 10. The lowest BCUT2D eigenvalue weighted by molar-refractivity contribution is -0.124. The molecule has 1 aliphatic rings. The number of ether oxygens (including phenoxy) is 3. The van der Waals surface area contributed by atoms with Crippen LogP contribution in [-0.4, -0.2) is 104 Å². The number of alkyl carbamates (subject to hydrolysis) is 3. The first-order chi connectivity index (χ1) is 37.4. The maximum absolute atomic E-state index is 12.5. The maximum Gasteiger partial charge on any atom is 0.408 e. The third-order valence-electron chi connectivity index (χ3n) is 9.88. The zero-order valence-electron chi connectivity index (χ0n) is 60.1. The summed E-state index contributed by atoms with van der Waals surface area (Å²) < 4.78 is 15.0. The Balaban J connectivity index is -0.000000469. The summed E-state index contributed by atoms with van der Waals surface area (Å²) in [5.74, 6) is 0.0778. The third kappa shape index (κ3) is 62.9. The first kappa shape index (κ1) is 86.0. The van der Waals surface area contributed by atoms with Crippen LogP contribution in [0.3, 0.4) is 0 Å². The lowest BCUT2D eigenvalue weighted by atomic mass is 9.79. The molecule has 1 atom stereocenters. The zero-order valence-corrected chi connectivity index (χ0v) is 60.1. The topological polar surface area (TPSA) is 255 Å². The molecule has 498 valence electrons. The Labute approximate surface area is 518 Å². The van der Waals surface area contributed by atoms with Gasteiger partial charge in [0.15, 0.2) is 5.78 Å². The van der Waals surface area contributed by atoms with Crippen LogP contribution in [0.25, 0.3) is 0 Å². The first-order valence-corrected chi connectivity index (χ1v) is 30.2. The van der Waals surface area contributed by atoms with Crippen molar-refractivity contribution in [2.75, 3.05) is 0 Å². The molecule has 1 fully saturated rings. The predicted octanol–water partition coefficient (Wildman–Crippen LogP) is 15.1. The minimum atomic E-state index is -0.482. The summed E-state index contributed by atoms with van der Waals surface area (Å²) in [6.07, 6.45) is 5.25. The van der Waals surface area contributed by atoms with E-state index in [1.54, 1.807) is 0 Å². The van der Waals surface area contributed by atoms with Gasteiger partial charge in [-0.3, -0.25) is 4.79 Å². The number of benzene rings is 1. The van der Waals surface area contributed by atoms with Gasteiger partial charge in [0.25, 0.3) is 0 Å². The van der Waals surface area contributed by atoms with Gasteiger partial charge in [-0.05, 0) is 216 Å². The summed E-state index contributed by atoms with van der Waals surface area (Å²) in [5, 5.41) is 25.5. The molecule has 1 aliphatic carbocycles. The van der Waals surface area contributed by atoms with Crippen LogP contribution in [0, 0.1) is 10.8 Å². The molecule has 0 bridgehead atoms. The van der Waals surface area contributed by atoms with Crippen molar-refractivity contribution in [3.05, 3.63) is 35.9 Å². The van der Waals surface area contributed by atoms with E-state index in [0.29, 0.717) is 13.0 Å². The van der Waals surface area contributed by atoms with Crippen molar-refractivity contribution < 1.29 is 47.8 Å². The second kappa shape index (κ2) is 36.0. The van der Waals surface area contributed by atoms with Crippen molar-refractivity contribution in [2.45, 2.75) is 336 Å². The molecule has 19 nitrogen and oxygen atoms in total. The van der Waals surface area contributed by atoms with E-state index in [0.717, 1.165) is 18.4 Å². The van der Waals surface area contributed by atoms with E-state index in [2.05, 4.69) is 54.8 Å². The highest BCUT2D eigenvalue weighted by atomic mass is 16.6. The number of urea groups is 3. The van der Waals surface area contributed by atoms with Crippen molar-refractivity contribution >= 4 is 42.2 Å². The smallest absolute Gasteiger partial charge is 0.408 e. The molecular formula is C66H129N9O10. The largest absolute Gasteiger partial charge is 0.447 e. The van der Waals surface area contributed by atoms with Gasteiger partial charge < -0.3 is 62.1 Å². The number of Topliss-reactive ketones (excluding diaryl/α,β-unsaturated/α-hetero) is 1. The first-order valence-electron chi connectivity index (χ1n) is 30.2. The fraction of sp³-hybridized carbons (Fsp3) is 0.803. The van der Waals surface area contributed by atoms with Crippen molar-refractivity contribution in [2.24, 2.45) is 10.8 Å². The monoisotopic (exact) mass is 1210 g/mol. The summed E-state index contributed by atoms with van der Waals surface area (Å²) >= 11 is 0. The minimum Gasteiger partial charge on any atom is -0.447 e. The lowest BCUT2D eigenvalue weighted by Gasteiger charge is -2.35. The number of hydrogen-bond donors (Lipinski definition) is 9. The van der Waals surface area contributed by atoms with E-state index in [9.17, 15) is 33.6 Å². The molecular weight excluding hydrogens is 1080 g/mol. The number of carbonyl (C=O) groups is 7. The predicted molar refractivity (Wildman–Crippen MR) is 351 cm³/mol. The van der Waals surface area contributed by atoms with Gasteiger partial charge in [0.2, 0.25) is 0 Å². The van der Waals surface area contributed by atoms with Gasteiger partial charge in [0.05, 0.1) is 12.1 Å².